The number of Topliss-reactive ketones (excluding diaryl/α,β-unsaturated/α-hetero) is 1. The van der Waals surface area contributed by atoms with E-state index in [0.717, 1.165) is 17.8 Å². The molecule has 0 heterocycles. The SMILES string of the molecule is CCN(C1=CC(=O)C(=O)c2ccccc21)N(C)C. The van der Waals surface area contributed by atoms with Crippen LogP contribution in [0.2, 0.25) is 0 Å². The molecule has 0 fully saturated rings. The van der Waals surface area contributed by atoms with E-state index >= 15 is 0 Å². The summed E-state index contributed by atoms with van der Waals surface area (Å²) in [6.07, 6.45) is 1.42. The highest BCUT2D eigenvalue weighted by Gasteiger charge is 2.28. The first-order valence-electron chi connectivity index (χ1n) is 5.90. The van der Waals surface area contributed by atoms with Gasteiger partial charge < -0.3 is 5.01 Å². The number of ketones is 2. The summed E-state index contributed by atoms with van der Waals surface area (Å²) in [5.74, 6) is -0.881. The van der Waals surface area contributed by atoms with Gasteiger partial charge in [0.1, 0.15) is 0 Å². The molecule has 1 aromatic carbocycles. The van der Waals surface area contributed by atoms with Crippen LogP contribution in [-0.4, -0.2) is 42.2 Å². The fraction of sp³-hybridized carbons (Fsp3) is 0.286. The number of nitrogens with zero attached hydrogens (tertiary/aromatic N) is 2. The first-order valence-corrected chi connectivity index (χ1v) is 5.90. The number of carbonyl (C=O) groups excluding carboxylic acids is 2. The topological polar surface area (TPSA) is 40.6 Å². The highest BCUT2D eigenvalue weighted by molar-refractivity contribution is 6.50. The van der Waals surface area contributed by atoms with Crippen molar-refractivity contribution in [2.24, 2.45) is 0 Å². The average molecular weight is 244 g/mol. The molecule has 1 aromatic rings. The Bertz CT molecular complexity index is 532. The Morgan fingerprint density at radius 2 is 1.67 bits per heavy atom. The normalized spacial score (nSPS) is 14.6. The Balaban J connectivity index is 2.57. The lowest BCUT2D eigenvalue weighted by Crippen LogP contribution is -2.37. The maximum Gasteiger partial charge on any atom is 0.233 e. The second-order valence-electron chi connectivity index (χ2n) is 4.33. The van der Waals surface area contributed by atoms with Gasteiger partial charge in [-0.3, -0.25) is 9.59 Å². The third-order valence-electron chi connectivity index (χ3n) is 3.00. The zero-order valence-electron chi connectivity index (χ0n) is 10.8. The summed E-state index contributed by atoms with van der Waals surface area (Å²) < 4.78 is 0. The molecule has 0 saturated heterocycles. The summed E-state index contributed by atoms with van der Waals surface area (Å²) >= 11 is 0. The van der Waals surface area contributed by atoms with Gasteiger partial charge in [0.05, 0.1) is 5.70 Å². The summed E-state index contributed by atoms with van der Waals surface area (Å²) in [5, 5.41) is 3.87. The Morgan fingerprint density at radius 1 is 1.06 bits per heavy atom. The van der Waals surface area contributed by atoms with Gasteiger partial charge in [0.15, 0.2) is 0 Å². The number of benzene rings is 1. The van der Waals surface area contributed by atoms with E-state index in [1.165, 1.54) is 6.08 Å². The molecule has 1 aliphatic carbocycles. The van der Waals surface area contributed by atoms with Gasteiger partial charge in [0.2, 0.25) is 11.6 Å². The van der Waals surface area contributed by atoms with Crippen molar-refractivity contribution < 1.29 is 9.59 Å². The van der Waals surface area contributed by atoms with E-state index in [1.54, 1.807) is 12.1 Å². The molecule has 0 aromatic heterocycles. The van der Waals surface area contributed by atoms with Crippen molar-refractivity contribution in [1.82, 2.24) is 10.0 Å². The van der Waals surface area contributed by atoms with Crippen LogP contribution >= 0.6 is 0 Å². The van der Waals surface area contributed by atoms with Crippen molar-refractivity contribution in [1.29, 1.82) is 0 Å². The van der Waals surface area contributed by atoms with E-state index < -0.39 is 11.6 Å². The van der Waals surface area contributed by atoms with Crippen molar-refractivity contribution in [3.8, 4) is 0 Å². The van der Waals surface area contributed by atoms with E-state index in [9.17, 15) is 9.59 Å². The van der Waals surface area contributed by atoms with E-state index in [2.05, 4.69) is 0 Å². The highest BCUT2D eigenvalue weighted by Crippen LogP contribution is 2.27. The molecule has 1 aliphatic rings. The second kappa shape index (κ2) is 4.74. The van der Waals surface area contributed by atoms with Crippen LogP contribution in [0.3, 0.4) is 0 Å². The van der Waals surface area contributed by atoms with Crippen LogP contribution in [0, 0.1) is 0 Å². The Labute approximate surface area is 106 Å². The third kappa shape index (κ3) is 1.95. The maximum absolute atomic E-state index is 11.8. The molecule has 0 saturated carbocycles. The molecule has 0 amide bonds. The molecule has 0 atom stereocenters. The third-order valence-corrected chi connectivity index (χ3v) is 3.00. The molecular formula is C14H16N2O2. The van der Waals surface area contributed by atoms with Crippen LogP contribution in [0.1, 0.15) is 22.8 Å². The van der Waals surface area contributed by atoms with Crippen molar-refractivity contribution in [2.45, 2.75) is 6.92 Å². The van der Waals surface area contributed by atoms with Gasteiger partial charge in [-0.25, -0.2) is 5.01 Å². The molecule has 94 valence electrons. The zero-order valence-corrected chi connectivity index (χ0v) is 10.8. The zero-order chi connectivity index (χ0) is 13.3. The van der Waals surface area contributed by atoms with Gasteiger partial charge in [-0.2, -0.15) is 0 Å². The van der Waals surface area contributed by atoms with Crippen LogP contribution in [0.25, 0.3) is 5.70 Å². The Hall–Kier alpha value is -1.94. The van der Waals surface area contributed by atoms with E-state index in [1.807, 2.05) is 43.2 Å². The summed E-state index contributed by atoms with van der Waals surface area (Å²) in [6.45, 7) is 2.74. The number of carbonyl (C=O) groups is 2. The molecule has 0 N–H and O–H groups in total. The van der Waals surface area contributed by atoms with Gasteiger partial charge in [-0.1, -0.05) is 24.3 Å². The first kappa shape index (κ1) is 12.5. The minimum absolute atomic E-state index is 0.427. The number of rotatable bonds is 3. The van der Waals surface area contributed by atoms with Gasteiger partial charge in [-0.05, 0) is 6.92 Å². The molecule has 4 heteroatoms. The number of fused-ring (bicyclic) bond motifs is 1. The molecule has 18 heavy (non-hydrogen) atoms. The van der Waals surface area contributed by atoms with Crippen LogP contribution < -0.4 is 0 Å². The molecule has 0 aliphatic heterocycles. The second-order valence-corrected chi connectivity index (χ2v) is 4.33. The number of allylic oxidation sites excluding steroid dienone is 1. The summed E-state index contributed by atoms with van der Waals surface area (Å²) in [5.41, 5.74) is 2.08. The molecule has 2 rings (SSSR count). The molecule has 0 radical (unpaired) electrons. The largest absolute Gasteiger partial charge is 0.306 e. The minimum Gasteiger partial charge on any atom is -0.306 e. The number of hydrogen-bond donors (Lipinski definition) is 0. The molecular weight excluding hydrogens is 228 g/mol. The fourth-order valence-electron chi connectivity index (χ4n) is 2.19. The van der Waals surface area contributed by atoms with Gasteiger partial charge in [0, 0.05) is 37.8 Å². The van der Waals surface area contributed by atoms with Gasteiger partial charge >= 0.3 is 0 Å². The summed E-state index contributed by atoms with van der Waals surface area (Å²) in [4.78, 5) is 23.6. The Morgan fingerprint density at radius 3 is 2.22 bits per heavy atom. The molecule has 4 nitrogen and oxygen atoms in total. The van der Waals surface area contributed by atoms with Crippen LogP contribution in [0.15, 0.2) is 30.3 Å². The first-order chi connectivity index (χ1) is 8.56. The predicted octanol–water partition coefficient (Wildman–Crippen LogP) is 1.59. The smallest absolute Gasteiger partial charge is 0.233 e. The molecule has 0 unspecified atom stereocenters. The van der Waals surface area contributed by atoms with Gasteiger partial charge in [-0.15, -0.1) is 0 Å². The summed E-state index contributed by atoms with van der Waals surface area (Å²) in [6, 6.07) is 7.22. The monoisotopic (exact) mass is 244 g/mol. The lowest BCUT2D eigenvalue weighted by atomic mass is 9.92. The van der Waals surface area contributed by atoms with Crippen LogP contribution in [-0.2, 0) is 4.79 Å². The summed E-state index contributed by atoms with van der Waals surface area (Å²) in [7, 11) is 3.82. The van der Waals surface area contributed by atoms with Crippen molar-refractivity contribution >= 4 is 17.3 Å². The fourth-order valence-corrected chi connectivity index (χ4v) is 2.19. The van der Waals surface area contributed by atoms with Crippen molar-refractivity contribution in [3.05, 3.63) is 41.5 Å². The number of hydrazine groups is 1. The Kier molecular flexibility index (Phi) is 3.30. The highest BCUT2D eigenvalue weighted by atomic mass is 16.2. The average Bonchev–Trinajstić information content (AvgIpc) is 2.36. The van der Waals surface area contributed by atoms with Gasteiger partial charge in [0.25, 0.3) is 0 Å². The predicted molar refractivity (Wildman–Crippen MR) is 69.8 cm³/mol. The lowest BCUT2D eigenvalue weighted by molar-refractivity contribution is -0.111. The van der Waals surface area contributed by atoms with Crippen LogP contribution in [0.4, 0.5) is 0 Å². The van der Waals surface area contributed by atoms with E-state index in [4.69, 9.17) is 0 Å². The number of hydrogen-bond acceptors (Lipinski definition) is 4. The quantitative estimate of drug-likeness (QED) is 0.598. The van der Waals surface area contributed by atoms with Crippen molar-refractivity contribution in [3.63, 3.8) is 0 Å². The van der Waals surface area contributed by atoms with Crippen molar-refractivity contribution in [2.75, 3.05) is 20.6 Å². The maximum atomic E-state index is 11.8. The van der Waals surface area contributed by atoms with E-state index in [0.29, 0.717) is 5.56 Å². The lowest BCUT2D eigenvalue weighted by Gasteiger charge is -2.33. The molecule has 0 bridgehead atoms. The standard InChI is InChI=1S/C14H16N2O2/c1-4-16(15(2)3)12-9-13(17)14(18)11-8-6-5-7-10(11)12/h5-9H,4H2,1-3H3. The van der Waals surface area contributed by atoms with E-state index in [-0.39, 0.29) is 0 Å². The molecule has 0 spiro atoms. The minimum atomic E-state index is -0.455. The van der Waals surface area contributed by atoms with Crippen LogP contribution in [0.5, 0.6) is 0 Å².